The number of amides is 4. The Labute approximate surface area is 602 Å². The molecule has 4 amide bonds. The van der Waals surface area contributed by atoms with Crippen LogP contribution in [0.4, 0.5) is 29.6 Å². The Morgan fingerprint density at radius 1 is 0.522 bits per heavy atom. The fourth-order valence-electron chi connectivity index (χ4n) is 8.65. The van der Waals surface area contributed by atoms with E-state index in [0.717, 1.165) is 6.20 Å². The van der Waals surface area contributed by atoms with Crippen molar-refractivity contribution < 1.29 is 99.9 Å². The Morgan fingerprint density at radius 3 is 1.30 bits per heavy atom. The van der Waals surface area contributed by atoms with Crippen LogP contribution in [-0.2, 0) is 0 Å². The minimum absolute atomic E-state index is 0.0449. The molecule has 0 radical (unpaired) electrons. The molecule has 12 unspecified atom stereocenters. The van der Waals surface area contributed by atoms with Crippen LogP contribution in [0, 0.1) is 23.6 Å². The number of nitrogens with one attached hydrogen (secondary N) is 8. The van der Waals surface area contributed by atoms with Gasteiger partial charge in [0, 0.05) is 101 Å². The zero-order valence-corrected chi connectivity index (χ0v) is 50.7. The molecule has 0 spiro atoms. The van der Waals surface area contributed by atoms with Gasteiger partial charge in [-0.05, 0) is 183 Å². The zero-order chi connectivity index (χ0) is 106. The van der Waals surface area contributed by atoms with Gasteiger partial charge in [-0.2, -0.15) is 4.98 Å². The van der Waals surface area contributed by atoms with Crippen molar-refractivity contribution in [2.75, 3.05) is 26.6 Å². The van der Waals surface area contributed by atoms with Crippen LogP contribution >= 0.6 is 0 Å². The van der Waals surface area contributed by atoms with E-state index >= 15 is 0 Å². The van der Waals surface area contributed by atoms with Crippen molar-refractivity contribution in [1.29, 1.82) is 0 Å². The summed E-state index contributed by atoms with van der Waals surface area (Å²) in [5.41, 5.74) is 7.26. The van der Waals surface area contributed by atoms with E-state index in [-0.39, 0.29) is 80.1 Å². The third-order valence-corrected chi connectivity index (χ3v) is 13.2. The summed E-state index contributed by atoms with van der Waals surface area (Å²) in [6.45, 7) is -29.7. The number of anilines is 5. The maximum absolute atomic E-state index is 12.0. The predicted molar refractivity (Wildman–Crippen MR) is 357 cm³/mol. The Hall–Kier alpha value is -7.56. The Balaban J connectivity index is 0.000000323. The largest absolute Gasteiger partial charge is 0.393 e. The number of H-pyrrole nitrogens is 3. The van der Waals surface area contributed by atoms with Crippen molar-refractivity contribution in [2.45, 2.75) is 258 Å². The van der Waals surface area contributed by atoms with Crippen LogP contribution in [0.5, 0.6) is 0 Å². The lowest BCUT2D eigenvalue weighted by Gasteiger charge is -2.32. The molecule has 0 bridgehead atoms. The molecular weight excluding hydrogens is 1180 g/mol. The molecule has 4 aromatic heterocycles. The summed E-state index contributed by atoms with van der Waals surface area (Å²) >= 11 is 0. The second-order valence-electron chi connectivity index (χ2n) is 22.6. The van der Waals surface area contributed by atoms with Gasteiger partial charge < -0.3 is 84.9 Å². The van der Waals surface area contributed by atoms with Crippen molar-refractivity contribution >= 4 is 53.2 Å². The molecule has 4 aliphatic carbocycles. The molecule has 4 aromatic rings. The second-order valence-corrected chi connectivity index (χ2v) is 22.6. The van der Waals surface area contributed by atoms with E-state index < -0.39 is 264 Å². The maximum Gasteiger partial charge on any atom is 0.254 e. The average Bonchev–Trinajstić information content (AvgIpc) is 0.713. The number of nitrogens with zero attached hydrogens (tertiary/aromatic N) is 8. The summed E-state index contributed by atoms with van der Waals surface area (Å²) in [5.74, 6) is -13.1. The zero-order valence-electron chi connectivity index (χ0n) is 94.7. The standard InChI is InChI=1S/4C16H27N5O2/c4*1-9-5-6-10(7-12(9)22)19-14-11(13(17)23)8-18-15(20-14)21-16(2,3)4/h4*8-10,12,22H,5-7H2,1-4H3,(H2,17,23)(H2,18,19,20,21)/i1D3,2D3,3D3,4D3,8D,10D,12D;2D3,3D3,4D3,8D,9D,12D;1D3,2D3,3D3,4D3,10D,12D;8D,9D,12D. The molecule has 4 heterocycles. The summed E-state index contributed by atoms with van der Waals surface area (Å²) in [5, 5.41) is 52.7. The fourth-order valence-corrected chi connectivity index (χ4v) is 8.65. The highest BCUT2D eigenvalue weighted by Gasteiger charge is 2.31. The molecule has 0 aliphatic heterocycles. The summed E-state index contributed by atoms with van der Waals surface area (Å²) in [4.78, 5) is 86.3. The van der Waals surface area contributed by atoms with Crippen LogP contribution in [0.3, 0.4) is 0 Å². The molecule has 12 atom stereocenters. The molecule has 28 heteroatoms. The molecule has 0 saturated heterocycles. The van der Waals surface area contributed by atoms with E-state index in [1.807, 2.05) is 36.7 Å². The third kappa shape index (κ3) is 24.8. The van der Waals surface area contributed by atoms with Crippen LogP contribution in [-0.4, -0.2) is 155 Å². The molecule has 4 aliphatic rings. The highest BCUT2D eigenvalue weighted by atomic mass is 16.3. The molecule has 92 heavy (non-hydrogen) atoms. The topological polar surface area (TPSA) is 462 Å². The van der Waals surface area contributed by atoms with E-state index in [2.05, 4.69) is 65.5 Å². The monoisotopic (exact) mass is 1330 g/mol. The maximum atomic E-state index is 12.0. The lowest BCUT2D eigenvalue weighted by atomic mass is 9.85. The van der Waals surface area contributed by atoms with Gasteiger partial charge in [0.05, 0.1) is 77.0 Å². The number of aromatic amines is 3. The molecule has 0 aromatic carbocycles. The molecule has 28 nitrogen and oxygen atoms in total. The van der Waals surface area contributed by atoms with Gasteiger partial charge in [0.25, 0.3) is 23.6 Å². The number of carbonyl (C=O) groups is 4. The van der Waals surface area contributed by atoms with Crippen LogP contribution in [0.1, 0.15) is 289 Å². The van der Waals surface area contributed by atoms with Gasteiger partial charge in [0.1, 0.15) is 22.3 Å². The first-order chi connectivity index (χ1) is 60.1. The normalized spacial score (nSPS) is 40.8. The number of primary amides is 4. The highest BCUT2D eigenvalue weighted by Crippen LogP contribution is 2.30. The van der Waals surface area contributed by atoms with Crippen LogP contribution in [0.2, 0.25) is 0 Å². The average molecular weight is 1330 g/mol. The van der Waals surface area contributed by atoms with Crippen LogP contribution < -0.4 is 66.0 Å². The van der Waals surface area contributed by atoms with Crippen molar-refractivity contribution in [3.05, 3.63) is 63.4 Å². The van der Waals surface area contributed by atoms with Gasteiger partial charge in [-0.1, -0.05) is 27.6 Å². The molecular formula is C64H108N20O8. The van der Waals surface area contributed by atoms with Gasteiger partial charge in [-0.25, -0.2) is 19.9 Å². The van der Waals surface area contributed by atoms with Crippen LogP contribution in [0.25, 0.3) is 0 Å². The van der Waals surface area contributed by atoms with Gasteiger partial charge in [-0.3, -0.25) is 34.2 Å². The number of hydrogen-bond donors (Lipinski definition) is 16. The minimum Gasteiger partial charge on any atom is -0.393 e. The number of carbonyl (C=O) groups excluding carboxylic acids is 4. The highest BCUT2D eigenvalue weighted by molar-refractivity contribution is 5.97. The van der Waals surface area contributed by atoms with Gasteiger partial charge in [-0.15, -0.1) is 0 Å². The molecule has 4 fully saturated rings. The van der Waals surface area contributed by atoms with Gasteiger partial charge in [0.2, 0.25) is 23.8 Å². The Kier molecular flexibility index (Phi) is 11.8. The minimum atomic E-state index is -3.70. The predicted octanol–water partition coefficient (Wildman–Crippen LogP) is 5.25. The number of rotatable bonds is 13. The van der Waals surface area contributed by atoms with Crippen molar-refractivity contribution in [2.24, 2.45) is 61.5 Å². The van der Waals surface area contributed by atoms with Gasteiger partial charge in [0.15, 0.2) is 0 Å². The molecule has 4 saturated carbocycles. The second kappa shape index (κ2) is 32.3. The third-order valence-electron chi connectivity index (χ3n) is 13.2. The van der Waals surface area contributed by atoms with Crippen molar-refractivity contribution in [3.8, 4) is 0 Å². The quantitative estimate of drug-likeness (QED) is 0.0812. The molecule has 20 N–H and O–H groups in total. The Bertz CT molecular complexity index is 5120. The van der Waals surface area contributed by atoms with Crippen LogP contribution in [0.15, 0.2) is 39.7 Å². The lowest BCUT2D eigenvalue weighted by molar-refractivity contribution is 0.0702. The van der Waals surface area contributed by atoms with E-state index in [4.69, 9.17) is 83.2 Å². The number of aromatic nitrogens is 8. The number of nitrogens with two attached hydrogens (primary N) is 4. The summed E-state index contributed by atoms with van der Waals surface area (Å²) in [6, 6.07) is -5.48. The molecule has 512 valence electrons. The molecule has 8 rings (SSSR count). The number of aliphatic hydroxyl groups is 4. The fraction of sp³-hybridized carbons (Fsp3) is 0.688. The Morgan fingerprint density at radius 2 is 0.924 bits per heavy atom. The van der Waals surface area contributed by atoms with E-state index in [1.54, 1.807) is 0 Å². The first kappa shape index (κ1) is 33.5. The summed E-state index contributed by atoms with van der Waals surface area (Å²) in [7, 11) is 0. The summed E-state index contributed by atoms with van der Waals surface area (Å²) in [6.07, 6.45) is -13.0. The summed E-state index contributed by atoms with van der Waals surface area (Å²) < 4.78 is 343. The first-order valence-corrected chi connectivity index (χ1v) is 28.0. The lowest BCUT2D eigenvalue weighted by Crippen LogP contribution is -2.36. The van der Waals surface area contributed by atoms with Crippen molar-refractivity contribution in [3.63, 3.8) is 0 Å². The van der Waals surface area contributed by atoms with E-state index in [9.17, 15) is 39.6 Å². The smallest absolute Gasteiger partial charge is 0.254 e. The van der Waals surface area contributed by atoms with E-state index in [1.165, 1.54) is 13.8 Å². The van der Waals surface area contributed by atoms with E-state index in [0.29, 0.717) is 12.8 Å². The SMILES string of the molecule is [2H]C1(Nc2nc(NC(C([2H])([2H])[2H])(C([2H])([2H])[2H])C([2H])([2H])[2H])ncc2C(N)=O)CCC(C([2H])([2H])[2H])C([2H])(O)C1.[2H]c1nc(NC(C([2H])([2H])[2H])(C([2H])([2H])[2H])C([2H])([2H])[2H])[nH]c(=NC2([2H])CCC(C([2H])([2H])[2H])C([2H])(O)C2)c1C(N)=O.[2H]c1nc(NC(C([2H])([2H])[2H])(C([2H])([2H])[2H])C([2H])([2H])[2H])[nH]c(=NC2CCC([2H])(C)C([2H])(O)C2)c1C(N)=O.[2H]c1nc(NC(C)(C)C)[nH]c(=NC2CCC([2H])(C)C([2H])(O)C2)c1C(N)=O. The first-order valence-electron chi connectivity index (χ1n) is 50.0. The number of hydrogen-bond acceptors (Lipinski definition) is 21. The van der Waals surface area contributed by atoms with Crippen molar-refractivity contribution in [1.82, 2.24) is 39.9 Å². The van der Waals surface area contributed by atoms with Gasteiger partial charge >= 0.3 is 0 Å².